The van der Waals surface area contributed by atoms with Crippen LogP contribution in [0.15, 0.2) is 74.5 Å². The van der Waals surface area contributed by atoms with E-state index in [1.807, 2.05) is 36.4 Å². The van der Waals surface area contributed by atoms with Gasteiger partial charge in [-0.25, -0.2) is 4.90 Å². The van der Waals surface area contributed by atoms with Crippen molar-refractivity contribution in [1.82, 2.24) is 0 Å². The topological polar surface area (TPSA) is 46.6 Å². The average Bonchev–Trinajstić information content (AvgIpc) is 3.02. The van der Waals surface area contributed by atoms with E-state index in [0.29, 0.717) is 41.9 Å². The molecule has 1 aliphatic rings. The fourth-order valence-corrected chi connectivity index (χ4v) is 5.72. The van der Waals surface area contributed by atoms with Crippen LogP contribution in [0.2, 0.25) is 10.0 Å². The Bertz CT molecular complexity index is 1240. The molecule has 0 spiro atoms. The van der Waals surface area contributed by atoms with Gasteiger partial charge in [-0.1, -0.05) is 53.5 Å². The second-order valence-electron chi connectivity index (χ2n) is 6.66. The Kier molecular flexibility index (Phi) is 7.32. The van der Waals surface area contributed by atoms with E-state index >= 15 is 0 Å². The lowest BCUT2D eigenvalue weighted by Crippen LogP contribution is -2.27. The molecule has 0 unspecified atom stereocenters. The maximum atomic E-state index is 12.9. The van der Waals surface area contributed by atoms with Gasteiger partial charge in [0.15, 0.2) is 0 Å². The first-order chi connectivity index (χ1) is 15.3. The molecule has 0 atom stereocenters. The average molecular weight is 614 g/mol. The van der Waals surface area contributed by atoms with Crippen molar-refractivity contribution in [1.29, 1.82) is 0 Å². The fraction of sp³-hybridized carbons (Fsp3) is 0.0435. The summed E-state index contributed by atoms with van der Waals surface area (Å²) in [5.41, 5.74) is 1.95. The van der Waals surface area contributed by atoms with Crippen LogP contribution in [0.4, 0.5) is 10.5 Å². The number of carbonyl (C=O) groups is 2. The molecule has 32 heavy (non-hydrogen) atoms. The molecule has 0 aliphatic carbocycles. The van der Waals surface area contributed by atoms with Crippen molar-refractivity contribution in [3.63, 3.8) is 0 Å². The molecule has 9 heteroatoms. The zero-order valence-electron chi connectivity index (χ0n) is 16.2. The van der Waals surface area contributed by atoms with Crippen molar-refractivity contribution in [2.24, 2.45) is 0 Å². The van der Waals surface area contributed by atoms with Crippen LogP contribution in [-0.4, -0.2) is 11.1 Å². The third kappa shape index (κ3) is 4.92. The largest absolute Gasteiger partial charge is 0.486 e. The maximum absolute atomic E-state index is 12.9. The van der Waals surface area contributed by atoms with Crippen molar-refractivity contribution in [2.45, 2.75) is 6.61 Å². The monoisotopic (exact) mass is 611 g/mol. The lowest BCUT2D eigenvalue weighted by atomic mass is 10.2. The lowest BCUT2D eigenvalue weighted by Gasteiger charge is -2.14. The van der Waals surface area contributed by atoms with Crippen molar-refractivity contribution in [3.8, 4) is 5.75 Å². The Balaban J connectivity index is 1.57. The highest BCUT2D eigenvalue weighted by Gasteiger charge is 2.37. The van der Waals surface area contributed by atoms with Crippen LogP contribution in [0.5, 0.6) is 5.75 Å². The molecule has 0 N–H and O–H groups in total. The summed E-state index contributed by atoms with van der Waals surface area (Å²) >= 11 is 20.3. The predicted molar refractivity (Wildman–Crippen MR) is 138 cm³/mol. The van der Waals surface area contributed by atoms with E-state index in [2.05, 4.69) is 31.9 Å². The van der Waals surface area contributed by atoms with Gasteiger partial charge in [0.2, 0.25) is 0 Å². The van der Waals surface area contributed by atoms with Gasteiger partial charge in [0.05, 0.1) is 24.6 Å². The number of hydrogen-bond acceptors (Lipinski definition) is 4. The molecular formula is C23H13Br2Cl2NO3S. The third-order valence-electron chi connectivity index (χ3n) is 4.54. The number of thioether (sulfide) groups is 1. The standard InChI is InChI=1S/C23H13Br2Cl2NO3S/c24-15-9-13(10-16(25)21(15)31-12-14-5-1-2-6-17(14)26)11-20-22(29)28(23(30)32-20)19-8-4-3-7-18(19)27/h1-11H,12H2/b20-11-. The zero-order chi connectivity index (χ0) is 22.8. The first-order valence-corrected chi connectivity index (χ1v) is 12.4. The van der Waals surface area contributed by atoms with Gasteiger partial charge in [-0.2, -0.15) is 0 Å². The van der Waals surface area contributed by atoms with Crippen LogP contribution in [0, 0.1) is 0 Å². The van der Waals surface area contributed by atoms with Gasteiger partial charge >= 0.3 is 0 Å². The number of ether oxygens (including phenoxy) is 1. The van der Waals surface area contributed by atoms with E-state index in [0.717, 1.165) is 27.8 Å². The Morgan fingerprint density at radius 3 is 2.22 bits per heavy atom. The highest BCUT2D eigenvalue weighted by atomic mass is 79.9. The maximum Gasteiger partial charge on any atom is 0.298 e. The fourth-order valence-electron chi connectivity index (χ4n) is 3.03. The van der Waals surface area contributed by atoms with Crippen LogP contribution in [-0.2, 0) is 11.4 Å². The molecule has 162 valence electrons. The quantitative estimate of drug-likeness (QED) is 0.271. The Morgan fingerprint density at radius 2 is 1.56 bits per heavy atom. The first-order valence-electron chi connectivity index (χ1n) is 9.23. The number of carbonyl (C=O) groups excluding carboxylic acids is 2. The van der Waals surface area contributed by atoms with Crippen LogP contribution in [0.25, 0.3) is 6.08 Å². The minimum atomic E-state index is -0.417. The molecule has 4 rings (SSSR count). The van der Waals surface area contributed by atoms with E-state index in [1.54, 1.807) is 30.3 Å². The second kappa shape index (κ2) is 10.0. The Labute approximate surface area is 215 Å². The minimum absolute atomic E-state index is 0.299. The molecule has 0 bridgehead atoms. The van der Waals surface area contributed by atoms with E-state index in [4.69, 9.17) is 27.9 Å². The molecule has 3 aromatic rings. The number of anilines is 1. The molecule has 3 aromatic carbocycles. The highest BCUT2D eigenvalue weighted by molar-refractivity contribution is 9.11. The number of para-hydroxylation sites is 1. The summed E-state index contributed by atoms with van der Waals surface area (Å²) in [5.74, 6) is 0.186. The van der Waals surface area contributed by atoms with Crippen LogP contribution in [0.1, 0.15) is 11.1 Å². The van der Waals surface area contributed by atoms with E-state index < -0.39 is 11.1 Å². The molecule has 1 heterocycles. The number of amides is 2. The molecule has 1 aliphatic heterocycles. The summed E-state index contributed by atoms with van der Waals surface area (Å²) in [6.45, 7) is 0.299. The lowest BCUT2D eigenvalue weighted by molar-refractivity contribution is -0.113. The molecule has 4 nitrogen and oxygen atoms in total. The van der Waals surface area contributed by atoms with Crippen molar-refractivity contribution in [3.05, 3.63) is 95.7 Å². The van der Waals surface area contributed by atoms with Crippen molar-refractivity contribution >= 4 is 89.7 Å². The van der Waals surface area contributed by atoms with Gasteiger partial charge in [0, 0.05) is 10.6 Å². The SMILES string of the molecule is O=C1S/C(=C\c2cc(Br)c(OCc3ccccc3Cl)c(Br)c2)C(=O)N1c1ccccc1Cl. The molecular weight excluding hydrogens is 601 g/mol. The Hall–Kier alpha value is -1.77. The highest BCUT2D eigenvalue weighted by Crippen LogP contribution is 2.40. The first kappa shape index (κ1) is 23.4. The normalized spacial score (nSPS) is 15.0. The van der Waals surface area contributed by atoms with Gasteiger partial charge in [-0.05, 0) is 85.6 Å². The second-order valence-corrected chi connectivity index (χ2v) is 10.2. The van der Waals surface area contributed by atoms with Crippen LogP contribution < -0.4 is 9.64 Å². The van der Waals surface area contributed by atoms with E-state index in [1.165, 1.54) is 0 Å². The summed E-state index contributed by atoms with van der Waals surface area (Å²) in [5, 5.41) is 0.569. The smallest absolute Gasteiger partial charge is 0.298 e. The predicted octanol–water partition coefficient (Wildman–Crippen LogP) is 8.34. The van der Waals surface area contributed by atoms with Crippen molar-refractivity contribution < 1.29 is 14.3 Å². The zero-order valence-corrected chi connectivity index (χ0v) is 21.7. The summed E-state index contributed by atoms with van der Waals surface area (Å²) in [4.78, 5) is 26.8. The van der Waals surface area contributed by atoms with Crippen molar-refractivity contribution in [2.75, 3.05) is 4.90 Å². The minimum Gasteiger partial charge on any atom is -0.486 e. The van der Waals surface area contributed by atoms with Crippen LogP contribution >= 0.6 is 66.8 Å². The number of rotatable bonds is 5. The van der Waals surface area contributed by atoms with Gasteiger partial charge in [-0.3, -0.25) is 9.59 Å². The Morgan fingerprint density at radius 1 is 0.938 bits per heavy atom. The molecule has 0 aromatic heterocycles. The van der Waals surface area contributed by atoms with Crippen LogP contribution in [0.3, 0.4) is 0 Å². The summed E-state index contributed by atoms with van der Waals surface area (Å²) in [6, 6.07) is 17.8. The number of halogens is 4. The molecule has 0 radical (unpaired) electrons. The summed E-state index contributed by atoms with van der Waals surface area (Å²) < 4.78 is 7.32. The third-order valence-corrected chi connectivity index (χ3v) is 7.27. The molecule has 0 saturated carbocycles. The number of nitrogens with zero attached hydrogens (tertiary/aromatic N) is 1. The van der Waals surface area contributed by atoms with Gasteiger partial charge < -0.3 is 4.74 Å². The number of benzene rings is 3. The molecule has 1 fully saturated rings. The number of hydrogen-bond donors (Lipinski definition) is 0. The van der Waals surface area contributed by atoms with E-state index in [9.17, 15) is 9.59 Å². The molecule has 2 amide bonds. The van der Waals surface area contributed by atoms with Gasteiger partial charge in [0.25, 0.3) is 11.1 Å². The van der Waals surface area contributed by atoms with Gasteiger partial charge in [-0.15, -0.1) is 0 Å². The van der Waals surface area contributed by atoms with E-state index in [-0.39, 0.29) is 0 Å². The molecule has 1 saturated heterocycles. The number of imide groups is 1. The summed E-state index contributed by atoms with van der Waals surface area (Å²) in [7, 11) is 0. The summed E-state index contributed by atoms with van der Waals surface area (Å²) in [6.07, 6.45) is 1.66. The van der Waals surface area contributed by atoms with Gasteiger partial charge in [0.1, 0.15) is 12.4 Å².